The van der Waals surface area contributed by atoms with E-state index in [1.54, 1.807) is 12.1 Å². The van der Waals surface area contributed by atoms with Gasteiger partial charge in [0, 0.05) is 6.61 Å². The van der Waals surface area contributed by atoms with Crippen molar-refractivity contribution < 1.29 is 9.84 Å². The van der Waals surface area contributed by atoms with E-state index in [4.69, 9.17) is 33.0 Å². The molecule has 94 valence electrons. The summed E-state index contributed by atoms with van der Waals surface area (Å²) in [6.45, 7) is 0.119. The standard InChI is InChI=1S/C12H10Cl2N2O2/c13-10-7-15-12(14)16-11(10)18-9-3-1-8(2-4-9)5-6-17/h1-4,7,17H,5-6H2. The maximum atomic E-state index is 8.81. The molecule has 2 aromatic rings. The van der Waals surface area contributed by atoms with E-state index in [0.29, 0.717) is 17.2 Å². The van der Waals surface area contributed by atoms with Gasteiger partial charge < -0.3 is 9.84 Å². The number of rotatable bonds is 4. The molecule has 1 N–H and O–H groups in total. The van der Waals surface area contributed by atoms with Gasteiger partial charge in [0.25, 0.3) is 0 Å². The van der Waals surface area contributed by atoms with Crippen LogP contribution in [-0.4, -0.2) is 21.7 Å². The van der Waals surface area contributed by atoms with E-state index in [0.717, 1.165) is 5.56 Å². The molecule has 0 unspecified atom stereocenters. The number of benzene rings is 1. The summed E-state index contributed by atoms with van der Waals surface area (Å²) in [5, 5.41) is 9.18. The Hall–Kier alpha value is -1.36. The summed E-state index contributed by atoms with van der Waals surface area (Å²) in [5.74, 6) is 0.805. The van der Waals surface area contributed by atoms with Crippen LogP contribution in [0.15, 0.2) is 30.5 Å². The monoisotopic (exact) mass is 284 g/mol. The van der Waals surface area contributed by atoms with Gasteiger partial charge in [0.15, 0.2) is 0 Å². The Kier molecular flexibility index (Phi) is 4.36. The van der Waals surface area contributed by atoms with Crippen LogP contribution in [0.5, 0.6) is 11.6 Å². The molecule has 4 nitrogen and oxygen atoms in total. The molecule has 0 saturated carbocycles. The van der Waals surface area contributed by atoms with Crippen LogP contribution in [0.4, 0.5) is 0 Å². The summed E-state index contributed by atoms with van der Waals surface area (Å²) in [6.07, 6.45) is 1.99. The topological polar surface area (TPSA) is 55.2 Å². The summed E-state index contributed by atoms with van der Waals surface area (Å²) >= 11 is 11.5. The van der Waals surface area contributed by atoms with Gasteiger partial charge in [-0.15, -0.1) is 0 Å². The minimum Gasteiger partial charge on any atom is -0.437 e. The van der Waals surface area contributed by atoms with Crippen LogP contribution in [0.3, 0.4) is 0 Å². The second-order valence-corrected chi connectivity index (χ2v) is 4.26. The number of aliphatic hydroxyl groups is 1. The molecular formula is C12H10Cl2N2O2. The molecule has 1 aromatic heterocycles. The first-order valence-corrected chi connectivity index (χ1v) is 6.00. The lowest BCUT2D eigenvalue weighted by atomic mass is 10.1. The molecular weight excluding hydrogens is 275 g/mol. The fraction of sp³-hybridized carbons (Fsp3) is 0.167. The number of halogens is 2. The molecule has 0 spiro atoms. The lowest BCUT2D eigenvalue weighted by Crippen LogP contribution is -1.93. The van der Waals surface area contributed by atoms with Crippen LogP contribution in [-0.2, 0) is 6.42 Å². The highest BCUT2D eigenvalue weighted by molar-refractivity contribution is 6.32. The minimum atomic E-state index is 0.0753. The van der Waals surface area contributed by atoms with Crippen LogP contribution >= 0.6 is 23.2 Å². The van der Waals surface area contributed by atoms with Crippen molar-refractivity contribution in [2.75, 3.05) is 6.61 Å². The Morgan fingerprint density at radius 1 is 1.17 bits per heavy atom. The molecule has 0 saturated heterocycles. The van der Waals surface area contributed by atoms with Gasteiger partial charge in [-0.05, 0) is 35.7 Å². The van der Waals surface area contributed by atoms with Gasteiger partial charge in [-0.2, -0.15) is 4.98 Å². The number of hydrogen-bond donors (Lipinski definition) is 1. The predicted molar refractivity (Wildman–Crippen MR) is 69.4 cm³/mol. The highest BCUT2D eigenvalue weighted by atomic mass is 35.5. The SMILES string of the molecule is OCCc1ccc(Oc2nc(Cl)ncc2Cl)cc1. The van der Waals surface area contributed by atoms with Gasteiger partial charge >= 0.3 is 0 Å². The smallest absolute Gasteiger partial charge is 0.242 e. The van der Waals surface area contributed by atoms with Crippen molar-refractivity contribution in [1.82, 2.24) is 9.97 Å². The first-order chi connectivity index (χ1) is 8.69. The van der Waals surface area contributed by atoms with Gasteiger partial charge in [0.1, 0.15) is 10.8 Å². The average Bonchev–Trinajstić information content (AvgIpc) is 2.37. The van der Waals surface area contributed by atoms with Crippen LogP contribution in [0, 0.1) is 0 Å². The van der Waals surface area contributed by atoms with Gasteiger partial charge in [-0.1, -0.05) is 23.7 Å². The molecule has 0 aliphatic rings. The predicted octanol–water partition coefficient (Wildman–Crippen LogP) is 3.11. The minimum absolute atomic E-state index is 0.0753. The van der Waals surface area contributed by atoms with E-state index >= 15 is 0 Å². The quantitative estimate of drug-likeness (QED) is 0.877. The molecule has 0 amide bonds. The van der Waals surface area contributed by atoms with Crippen molar-refractivity contribution in [3.05, 3.63) is 46.3 Å². The number of hydrogen-bond acceptors (Lipinski definition) is 4. The van der Waals surface area contributed by atoms with Crippen molar-refractivity contribution in [3.63, 3.8) is 0 Å². The molecule has 6 heteroatoms. The summed E-state index contributed by atoms with van der Waals surface area (Å²) in [4.78, 5) is 7.62. The van der Waals surface area contributed by atoms with Crippen molar-refractivity contribution in [3.8, 4) is 11.6 Å². The van der Waals surface area contributed by atoms with Gasteiger partial charge in [0.05, 0.1) is 6.20 Å². The summed E-state index contributed by atoms with van der Waals surface area (Å²) in [6, 6.07) is 7.28. The largest absolute Gasteiger partial charge is 0.437 e. The number of nitrogens with zero attached hydrogens (tertiary/aromatic N) is 2. The fourth-order valence-corrected chi connectivity index (χ4v) is 1.62. The zero-order valence-corrected chi connectivity index (χ0v) is 10.8. The van der Waals surface area contributed by atoms with Gasteiger partial charge in [-0.25, -0.2) is 4.98 Å². The second-order valence-electron chi connectivity index (χ2n) is 3.51. The first-order valence-electron chi connectivity index (χ1n) is 5.25. The molecule has 0 bridgehead atoms. The van der Waals surface area contributed by atoms with E-state index in [9.17, 15) is 0 Å². The van der Waals surface area contributed by atoms with Gasteiger partial charge in [0.2, 0.25) is 11.2 Å². The Bertz CT molecular complexity index is 532. The van der Waals surface area contributed by atoms with Crippen LogP contribution < -0.4 is 4.74 Å². The van der Waals surface area contributed by atoms with E-state index in [1.165, 1.54) is 6.20 Å². The molecule has 0 atom stereocenters. The molecule has 0 radical (unpaired) electrons. The molecule has 0 fully saturated rings. The van der Waals surface area contributed by atoms with Gasteiger partial charge in [-0.3, -0.25) is 0 Å². The molecule has 0 aliphatic carbocycles. The highest BCUT2D eigenvalue weighted by Gasteiger charge is 2.06. The molecule has 1 heterocycles. The van der Waals surface area contributed by atoms with E-state index < -0.39 is 0 Å². The number of ether oxygens (including phenoxy) is 1. The lowest BCUT2D eigenvalue weighted by molar-refractivity contribution is 0.299. The highest BCUT2D eigenvalue weighted by Crippen LogP contribution is 2.27. The lowest BCUT2D eigenvalue weighted by Gasteiger charge is -2.06. The average molecular weight is 285 g/mol. The Morgan fingerprint density at radius 2 is 1.89 bits per heavy atom. The normalized spacial score (nSPS) is 10.4. The Labute approximate surface area is 114 Å². The first kappa shape index (κ1) is 13.1. The maximum absolute atomic E-state index is 8.81. The zero-order valence-electron chi connectivity index (χ0n) is 9.31. The number of aromatic nitrogens is 2. The third-order valence-electron chi connectivity index (χ3n) is 2.22. The van der Waals surface area contributed by atoms with E-state index in [1.807, 2.05) is 12.1 Å². The Morgan fingerprint density at radius 3 is 2.56 bits per heavy atom. The molecule has 18 heavy (non-hydrogen) atoms. The third kappa shape index (κ3) is 3.32. The summed E-state index contributed by atoms with van der Waals surface area (Å²) < 4.78 is 5.49. The van der Waals surface area contributed by atoms with Crippen LogP contribution in [0.25, 0.3) is 0 Å². The van der Waals surface area contributed by atoms with Crippen LogP contribution in [0.1, 0.15) is 5.56 Å². The zero-order chi connectivity index (χ0) is 13.0. The third-order valence-corrected chi connectivity index (χ3v) is 2.66. The molecule has 2 rings (SSSR count). The summed E-state index contributed by atoms with van der Waals surface area (Å²) in [5.41, 5.74) is 1.02. The maximum Gasteiger partial charge on any atom is 0.242 e. The Balaban J connectivity index is 2.15. The van der Waals surface area contributed by atoms with Crippen molar-refractivity contribution in [2.24, 2.45) is 0 Å². The van der Waals surface area contributed by atoms with Crippen molar-refractivity contribution >= 4 is 23.2 Å². The van der Waals surface area contributed by atoms with Crippen molar-refractivity contribution in [1.29, 1.82) is 0 Å². The van der Waals surface area contributed by atoms with Crippen molar-refractivity contribution in [2.45, 2.75) is 6.42 Å². The number of aliphatic hydroxyl groups excluding tert-OH is 1. The van der Waals surface area contributed by atoms with E-state index in [-0.39, 0.29) is 17.8 Å². The van der Waals surface area contributed by atoms with Crippen LogP contribution in [0.2, 0.25) is 10.3 Å². The molecule has 1 aromatic carbocycles. The fourth-order valence-electron chi connectivity index (χ4n) is 1.37. The molecule has 0 aliphatic heterocycles. The summed E-state index contributed by atoms with van der Waals surface area (Å²) in [7, 11) is 0. The van der Waals surface area contributed by atoms with E-state index in [2.05, 4.69) is 9.97 Å². The second kappa shape index (κ2) is 6.00.